The highest BCUT2D eigenvalue weighted by atomic mass is 35.5. The monoisotopic (exact) mass is 431 g/mol. The van der Waals surface area contributed by atoms with Gasteiger partial charge in [0.25, 0.3) is 0 Å². The van der Waals surface area contributed by atoms with Crippen molar-refractivity contribution in [1.82, 2.24) is 14.5 Å². The fraction of sp³-hybridized carbons (Fsp3) is 0.238. The number of anilines is 2. The first-order valence-electron chi connectivity index (χ1n) is 9.45. The Hall–Kier alpha value is -2.97. The van der Waals surface area contributed by atoms with Crippen LogP contribution in [0.25, 0.3) is 11.3 Å². The summed E-state index contributed by atoms with van der Waals surface area (Å²) in [6, 6.07) is 9.78. The minimum atomic E-state index is -0.599. The minimum absolute atomic E-state index is 0.0275. The molecule has 0 fully saturated rings. The summed E-state index contributed by atoms with van der Waals surface area (Å²) >= 11 is 5.79. The van der Waals surface area contributed by atoms with Crippen LogP contribution in [-0.4, -0.2) is 32.9 Å². The number of carbonyl (C=O) groups is 1. The van der Waals surface area contributed by atoms with Crippen molar-refractivity contribution < 1.29 is 13.6 Å². The van der Waals surface area contributed by atoms with Crippen LogP contribution in [0.4, 0.5) is 20.3 Å². The predicted molar refractivity (Wildman–Crippen MR) is 111 cm³/mol. The van der Waals surface area contributed by atoms with Crippen molar-refractivity contribution in [2.45, 2.75) is 26.1 Å². The number of amides is 1. The highest BCUT2D eigenvalue weighted by Gasteiger charge is 2.28. The maximum absolute atomic E-state index is 13.9. The molecule has 1 amide bonds. The van der Waals surface area contributed by atoms with Gasteiger partial charge in [-0.1, -0.05) is 11.6 Å². The Labute approximate surface area is 177 Å². The van der Waals surface area contributed by atoms with Gasteiger partial charge in [-0.15, -0.1) is 0 Å². The Kier molecular flexibility index (Phi) is 5.44. The predicted octanol–water partition coefficient (Wildman–Crippen LogP) is 3.91. The Morgan fingerprint density at radius 2 is 1.93 bits per heavy atom. The molecule has 0 bridgehead atoms. The molecule has 1 aliphatic heterocycles. The van der Waals surface area contributed by atoms with Crippen LogP contribution in [0.2, 0.25) is 5.02 Å². The zero-order valence-electron chi connectivity index (χ0n) is 16.2. The maximum Gasteiger partial charge on any atom is 0.239 e. The number of rotatable bonds is 4. The Bertz CT molecular complexity index is 1100. The van der Waals surface area contributed by atoms with Crippen molar-refractivity contribution in [2.75, 3.05) is 11.9 Å². The van der Waals surface area contributed by atoms with Gasteiger partial charge >= 0.3 is 0 Å². The molecule has 0 radical (unpaired) electrons. The van der Waals surface area contributed by atoms with Crippen LogP contribution in [0.3, 0.4) is 0 Å². The molecule has 0 spiro atoms. The van der Waals surface area contributed by atoms with Gasteiger partial charge in [0.2, 0.25) is 5.91 Å². The number of nitrogens with one attached hydrogen (secondary N) is 1. The molecule has 1 aromatic heterocycles. The van der Waals surface area contributed by atoms with Gasteiger partial charge in [0, 0.05) is 24.3 Å². The Morgan fingerprint density at radius 3 is 2.60 bits per heavy atom. The number of hydrogen-bond acceptors (Lipinski definition) is 4. The molecule has 6 nitrogen and oxygen atoms in total. The van der Waals surface area contributed by atoms with E-state index < -0.39 is 11.9 Å². The van der Waals surface area contributed by atoms with Crippen molar-refractivity contribution in [1.29, 1.82) is 0 Å². The van der Waals surface area contributed by atoms with Gasteiger partial charge in [-0.2, -0.15) is 0 Å². The van der Waals surface area contributed by atoms with E-state index in [0.29, 0.717) is 48.2 Å². The first-order valence-corrected chi connectivity index (χ1v) is 9.83. The summed E-state index contributed by atoms with van der Waals surface area (Å²) in [6.45, 7) is 2.90. The molecule has 2 aromatic carbocycles. The number of benzene rings is 2. The summed E-state index contributed by atoms with van der Waals surface area (Å²) in [6.07, 6.45) is 0. The lowest BCUT2D eigenvalue weighted by Gasteiger charge is -2.29. The van der Waals surface area contributed by atoms with Gasteiger partial charge in [-0.25, -0.2) is 13.8 Å². The standard InChI is InChI=1S/C21H20ClF2N5O/c1-12(25)21(30)28-8-9-29-18(11-28)27-19(13-2-4-14(23)5-3-13)20(29)26-15-6-7-16(22)17(24)10-15/h2-7,10,12,26H,8-9,11,25H2,1H3. The number of imidazole rings is 1. The second-order valence-electron chi connectivity index (χ2n) is 7.19. The normalized spacial score (nSPS) is 14.4. The number of hydrogen-bond donors (Lipinski definition) is 2. The molecule has 1 unspecified atom stereocenters. The van der Waals surface area contributed by atoms with Crippen LogP contribution >= 0.6 is 11.6 Å². The van der Waals surface area contributed by atoms with Gasteiger partial charge in [-0.05, 0) is 49.4 Å². The lowest BCUT2D eigenvalue weighted by molar-refractivity contribution is -0.133. The zero-order chi connectivity index (χ0) is 21.4. The summed E-state index contributed by atoms with van der Waals surface area (Å²) in [5.41, 5.74) is 7.51. The fourth-order valence-corrected chi connectivity index (χ4v) is 3.57. The molecule has 0 saturated heterocycles. The Balaban J connectivity index is 1.76. The summed E-state index contributed by atoms with van der Waals surface area (Å²) in [7, 11) is 0. The molecule has 1 atom stereocenters. The number of aromatic nitrogens is 2. The van der Waals surface area contributed by atoms with Crippen molar-refractivity contribution in [3.05, 3.63) is 64.9 Å². The summed E-state index contributed by atoms with van der Waals surface area (Å²) in [5.74, 6) is 0.238. The summed E-state index contributed by atoms with van der Waals surface area (Å²) < 4.78 is 29.3. The Morgan fingerprint density at radius 1 is 1.20 bits per heavy atom. The fourth-order valence-electron chi connectivity index (χ4n) is 3.45. The van der Waals surface area contributed by atoms with E-state index in [0.717, 1.165) is 0 Å². The molecule has 2 heterocycles. The van der Waals surface area contributed by atoms with E-state index in [1.165, 1.54) is 24.3 Å². The minimum Gasteiger partial charge on any atom is -0.340 e. The van der Waals surface area contributed by atoms with Crippen molar-refractivity contribution in [3.8, 4) is 11.3 Å². The second-order valence-corrected chi connectivity index (χ2v) is 7.59. The maximum atomic E-state index is 13.9. The van der Waals surface area contributed by atoms with Gasteiger partial charge < -0.3 is 20.5 Å². The molecule has 0 aliphatic carbocycles. The largest absolute Gasteiger partial charge is 0.340 e. The smallest absolute Gasteiger partial charge is 0.239 e. The van der Waals surface area contributed by atoms with Crippen molar-refractivity contribution in [3.63, 3.8) is 0 Å². The highest BCUT2D eigenvalue weighted by Crippen LogP contribution is 2.34. The third kappa shape index (κ3) is 3.88. The van der Waals surface area contributed by atoms with E-state index in [4.69, 9.17) is 22.3 Å². The molecule has 30 heavy (non-hydrogen) atoms. The van der Waals surface area contributed by atoms with Crippen LogP contribution in [0.1, 0.15) is 12.7 Å². The van der Waals surface area contributed by atoms with Crippen LogP contribution in [0, 0.1) is 11.6 Å². The van der Waals surface area contributed by atoms with E-state index in [1.807, 2.05) is 4.57 Å². The highest BCUT2D eigenvalue weighted by molar-refractivity contribution is 6.30. The van der Waals surface area contributed by atoms with Crippen molar-refractivity contribution in [2.24, 2.45) is 5.73 Å². The SMILES string of the molecule is CC(N)C(=O)N1CCn2c(nc(-c3ccc(F)cc3)c2Nc2ccc(Cl)c(F)c2)C1. The number of halogens is 3. The van der Waals surface area contributed by atoms with E-state index >= 15 is 0 Å². The number of carbonyl (C=O) groups excluding carboxylic acids is 1. The van der Waals surface area contributed by atoms with Crippen LogP contribution < -0.4 is 11.1 Å². The zero-order valence-corrected chi connectivity index (χ0v) is 17.0. The molecule has 9 heteroatoms. The molecule has 4 rings (SSSR count). The van der Waals surface area contributed by atoms with Crippen LogP contribution in [0.5, 0.6) is 0 Å². The van der Waals surface area contributed by atoms with Gasteiger partial charge in [0.1, 0.15) is 29.0 Å². The number of fused-ring (bicyclic) bond motifs is 1. The lowest BCUT2D eigenvalue weighted by atomic mass is 10.1. The third-order valence-corrected chi connectivity index (χ3v) is 5.28. The van der Waals surface area contributed by atoms with E-state index in [-0.39, 0.29) is 16.7 Å². The molecule has 156 valence electrons. The van der Waals surface area contributed by atoms with Crippen molar-refractivity contribution >= 4 is 29.0 Å². The van der Waals surface area contributed by atoms with Gasteiger partial charge in [0.05, 0.1) is 17.6 Å². The number of nitrogens with two attached hydrogens (primary N) is 1. The quantitative estimate of drug-likeness (QED) is 0.656. The van der Waals surface area contributed by atoms with Crippen LogP contribution in [-0.2, 0) is 17.9 Å². The summed E-state index contributed by atoms with van der Waals surface area (Å²) in [4.78, 5) is 18.7. The average Bonchev–Trinajstić information content (AvgIpc) is 3.08. The van der Waals surface area contributed by atoms with E-state index in [2.05, 4.69) is 5.32 Å². The molecule has 1 aliphatic rings. The number of nitrogens with zero attached hydrogens (tertiary/aromatic N) is 3. The van der Waals surface area contributed by atoms with E-state index in [1.54, 1.807) is 30.0 Å². The van der Waals surface area contributed by atoms with Crippen LogP contribution in [0.15, 0.2) is 42.5 Å². The molecular weight excluding hydrogens is 412 g/mol. The molecule has 3 aromatic rings. The van der Waals surface area contributed by atoms with Gasteiger partial charge in [0.15, 0.2) is 0 Å². The second kappa shape index (κ2) is 8.04. The molecular formula is C21H20ClF2N5O. The van der Waals surface area contributed by atoms with E-state index in [9.17, 15) is 13.6 Å². The van der Waals surface area contributed by atoms with Gasteiger partial charge in [-0.3, -0.25) is 4.79 Å². The lowest BCUT2D eigenvalue weighted by Crippen LogP contribution is -2.45. The molecule has 0 saturated carbocycles. The molecule has 3 N–H and O–H groups in total. The first kappa shape index (κ1) is 20.3. The first-order chi connectivity index (χ1) is 14.3. The third-order valence-electron chi connectivity index (χ3n) is 4.97. The average molecular weight is 432 g/mol. The summed E-state index contributed by atoms with van der Waals surface area (Å²) in [5, 5.41) is 3.24. The topological polar surface area (TPSA) is 76.2 Å².